The van der Waals surface area contributed by atoms with Gasteiger partial charge >= 0.3 is 6.03 Å². The number of rotatable bonds is 3. The first-order valence-electron chi connectivity index (χ1n) is 7.52. The molecule has 1 atom stereocenters. The standard InChI is InChI=1S/C18H14IN3O3/c1-11-6-2-5-9-15(11)22-17(24)12(16(23)21-18(22)25)10-20-14-8-4-3-7-13(14)19/h2-10,12H,1H3,(H,21,23,25)/t12-/m1/s1. The van der Waals surface area contributed by atoms with Gasteiger partial charge in [-0.15, -0.1) is 0 Å². The molecule has 6 nitrogen and oxygen atoms in total. The van der Waals surface area contributed by atoms with Crippen molar-refractivity contribution in [3.8, 4) is 0 Å². The molecule has 2 aromatic rings. The lowest BCUT2D eigenvalue weighted by molar-refractivity contribution is -0.131. The van der Waals surface area contributed by atoms with Gasteiger partial charge in [0.1, 0.15) is 0 Å². The van der Waals surface area contributed by atoms with E-state index in [2.05, 4.69) is 32.9 Å². The number of para-hydroxylation sites is 2. The Balaban J connectivity index is 1.94. The number of imide groups is 2. The Bertz CT molecular complexity index is 895. The molecule has 0 bridgehead atoms. The SMILES string of the molecule is Cc1ccccc1N1C(=O)NC(=O)[C@@H](C=Nc2ccccc2I)C1=O. The van der Waals surface area contributed by atoms with Gasteiger partial charge in [0.05, 0.1) is 11.4 Å². The number of barbiturate groups is 1. The van der Waals surface area contributed by atoms with Gasteiger partial charge < -0.3 is 0 Å². The van der Waals surface area contributed by atoms with Gasteiger partial charge in [-0.25, -0.2) is 9.69 Å². The lowest BCUT2D eigenvalue weighted by atomic mass is 10.0. The average Bonchev–Trinajstić information content (AvgIpc) is 2.57. The summed E-state index contributed by atoms with van der Waals surface area (Å²) in [5, 5.41) is 2.22. The molecular formula is C18H14IN3O3. The second-order valence-electron chi connectivity index (χ2n) is 5.46. The number of urea groups is 1. The van der Waals surface area contributed by atoms with Gasteiger partial charge in [-0.1, -0.05) is 30.3 Å². The van der Waals surface area contributed by atoms with Crippen molar-refractivity contribution in [2.24, 2.45) is 10.9 Å². The van der Waals surface area contributed by atoms with Crippen LogP contribution in [0.2, 0.25) is 0 Å². The summed E-state index contributed by atoms with van der Waals surface area (Å²) in [6.07, 6.45) is 1.28. The number of nitrogens with zero attached hydrogens (tertiary/aromatic N) is 2. The third kappa shape index (κ3) is 3.46. The van der Waals surface area contributed by atoms with Crippen LogP contribution in [0.4, 0.5) is 16.2 Å². The van der Waals surface area contributed by atoms with Crippen molar-refractivity contribution in [3.63, 3.8) is 0 Å². The Morgan fingerprint density at radius 3 is 2.48 bits per heavy atom. The Labute approximate surface area is 158 Å². The van der Waals surface area contributed by atoms with Crippen molar-refractivity contribution < 1.29 is 14.4 Å². The van der Waals surface area contributed by atoms with Crippen molar-refractivity contribution in [1.29, 1.82) is 0 Å². The molecule has 1 fully saturated rings. The molecule has 0 aliphatic carbocycles. The predicted octanol–water partition coefficient (Wildman–Crippen LogP) is 3.20. The molecular weight excluding hydrogens is 433 g/mol. The molecule has 0 aromatic heterocycles. The van der Waals surface area contributed by atoms with Gasteiger partial charge in [0.2, 0.25) is 5.91 Å². The van der Waals surface area contributed by atoms with E-state index in [1.807, 2.05) is 24.3 Å². The summed E-state index contributed by atoms with van der Waals surface area (Å²) in [6.45, 7) is 1.79. The number of hydrogen-bond donors (Lipinski definition) is 1. The number of amides is 4. The highest BCUT2D eigenvalue weighted by Crippen LogP contribution is 2.25. The van der Waals surface area contributed by atoms with Crippen molar-refractivity contribution >= 4 is 58.0 Å². The zero-order valence-corrected chi connectivity index (χ0v) is 15.4. The minimum absolute atomic E-state index is 0.449. The number of nitrogens with one attached hydrogen (secondary N) is 1. The van der Waals surface area contributed by atoms with Crippen LogP contribution in [-0.2, 0) is 9.59 Å². The summed E-state index contributed by atoms with van der Waals surface area (Å²) in [5.41, 5.74) is 1.86. The van der Waals surface area contributed by atoms with Crippen LogP contribution in [-0.4, -0.2) is 24.1 Å². The number of halogens is 1. The summed E-state index contributed by atoms with van der Waals surface area (Å²) < 4.78 is 0.895. The maximum absolute atomic E-state index is 12.8. The Morgan fingerprint density at radius 1 is 1.08 bits per heavy atom. The van der Waals surface area contributed by atoms with Crippen LogP contribution >= 0.6 is 22.6 Å². The molecule has 126 valence electrons. The average molecular weight is 447 g/mol. The van der Waals surface area contributed by atoms with Gasteiger partial charge in [0.25, 0.3) is 5.91 Å². The first-order chi connectivity index (χ1) is 12.0. The maximum atomic E-state index is 12.8. The molecule has 0 spiro atoms. The second-order valence-corrected chi connectivity index (χ2v) is 6.62. The zero-order valence-electron chi connectivity index (χ0n) is 13.3. The van der Waals surface area contributed by atoms with E-state index < -0.39 is 23.8 Å². The van der Waals surface area contributed by atoms with Gasteiger partial charge in [-0.05, 0) is 53.3 Å². The second kappa shape index (κ2) is 7.14. The predicted molar refractivity (Wildman–Crippen MR) is 103 cm³/mol. The van der Waals surface area contributed by atoms with Gasteiger partial charge in [-0.3, -0.25) is 19.9 Å². The lowest BCUT2D eigenvalue weighted by Gasteiger charge is -2.29. The minimum atomic E-state index is -1.16. The van der Waals surface area contributed by atoms with Crippen molar-refractivity contribution in [3.05, 3.63) is 57.7 Å². The Morgan fingerprint density at radius 2 is 1.76 bits per heavy atom. The van der Waals surface area contributed by atoms with E-state index in [1.54, 1.807) is 31.2 Å². The van der Waals surface area contributed by atoms with Crippen LogP contribution in [0.1, 0.15) is 5.56 Å². The fourth-order valence-electron chi connectivity index (χ4n) is 2.48. The van der Waals surface area contributed by atoms with E-state index in [9.17, 15) is 14.4 Å². The van der Waals surface area contributed by atoms with Gasteiger partial charge in [-0.2, -0.15) is 0 Å². The number of benzene rings is 2. The van der Waals surface area contributed by atoms with Crippen LogP contribution < -0.4 is 10.2 Å². The minimum Gasteiger partial charge on any atom is -0.276 e. The number of aryl methyl sites for hydroxylation is 1. The number of anilines is 1. The van der Waals surface area contributed by atoms with Crippen molar-refractivity contribution in [2.75, 3.05) is 4.90 Å². The van der Waals surface area contributed by atoms with E-state index in [0.717, 1.165) is 14.0 Å². The molecule has 1 N–H and O–H groups in total. The van der Waals surface area contributed by atoms with E-state index in [1.165, 1.54) is 6.21 Å². The van der Waals surface area contributed by atoms with Crippen LogP contribution in [0.15, 0.2) is 53.5 Å². The molecule has 7 heteroatoms. The summed E-state index contributed by atoms with van der Waals surface area (Å²) in [5.74, 6) is -2.44. The largest absolute Gasteiger partial charge is 0.335 e. The third-order valence-electron chi connectivity index (χ3n) is 3.77. The summed E-state index contributed by atoms with van der Waals surface area (Å²) in [7, 11) is 0. The number of carbonyl (C=O) groups excluding carboxylic acids is 3. The van der Waals surface area contributed by atoms with Crippen molar-refractivity contribution in [2.45, 2.75) is 6.92 Å². The van der Waals surface area contributed by atoms with Crippen LogP contribution in [0.25, 0.3) is 0 Å². The van der Waals surface area contributed by atoms with Crippen LogP contribution in [0, 0.1) is 16.4 Å². The monoisotopic (exact) mass is 447 g/mol. The molecule has 2 aromatic carbocycles. The van der Waals surface area contributed by atoms with Gasteiger partial charge in [0, 0.05) is 9.78 Å². The fourth-order valence-corrected chi connectivity index (χ4v) is 3.00. The van der Waals surface area contributed by atoms with E-state index >= 15 is 0 Å². The van der Waals surface area contributed by atoms with Crippen LogP contribution in [0.3, 0.4) is 0 Å². The highest BCUT2D eigenvalue weighted by Gasteiger charge is 2.40. The molecule has 25 heavy (non-hydrogen) atoms. The highest BCUT2D eigenvalue weighted by atomic mass is 127. The summed E-state index contributed by atoms with van der Waals surface area (Å²) >= 11 is 2.12. The van der Waals surface area contributed by atoms with E-state index in [-0.39, 0.29) is 0 Å². The third-order valence-corrected chi connectivity index (χ3v) is 4.69. The number of hydrogen-bond acceptors (Lipinski definition) is 4. The van der Waals surface area contributed by atoms with Crippen molar-refractivity contribution in [1.82, 2.24) is 5.32 Å². The molecule has 1 aliphatic rings. The topological polar surface area (TPSA) is 78.8 Å². The Hall–Kier alpha value is -2.55. The molecule has 0 saturated carbocycles. The van der Waals surface area contributed by atoms with Gasteiger partial charge in [0.15, 0.2) is 5.92 Å². The number of aliphatic imine (C=N–C) groups is 1. The quantitative estimate of drug-likeness (QED) is 0.446. The molecule has 4 amide bonds. The molecule has 3 rings (SSSR count). The summed E-state index contributed by atoms with van der Waals surface area (Å²) in [6, 6.07) is 13.6. The first kappa shape index (κ1) is 17.3. The first-order valence-corrected chi connectivity index (χ1v) is 8.60. The fraction of sp³-hybridized carbons (Fsp3) is 0.111. The van der Waals surface area contributed by atoms with E-state index in [0.29, 0.717) is 11.4 Å². The molecule has 0 radical (unpaired) electrons. The van der Waals surface area contributed by atoms with E-state index in [4.69, 9.17) is 0 Å². The molecule has 1 saturated heterocycles. The lowest BCUT2D eigenvalue weighted by Crippen LogP contribution is -2.58. The molecule has 1 aliphatic heterocycles. The zero-order chi connectivity index (χ0) is 18.0. The maximum Gasteiger partial charge on any atom is 0.335 e. The molecule has 0 unspecified atom stereocenters. The summed E-state index contributed by atoms with van der Waals surface area (Å²) in [4.78, 5) is 42.3. The smallest absolute Gasteiger partial charge is 0.276 e. The Kier molecular flexibility index (Phi) is 4.93. The molecule has 1 heterocycles. The van der Waals surface area contributed by atoms with Crippen LogP contribution in [0.5, 0.6) is 0 Å². The highest BCUT2D eigenvalue weighted by molar-refractivity contribution is 14.1. The number of carbonyl (C=O) groups is 3. The normalized spacial score (nSPS) is 17.9.